The summed E-state index contributed by atoms with van der Waals surface area (Å²) >= 11 is 23.4. The van der Waals surface area contributed by atoms with Crippen LogP contribution in [0.3, 0.4) is 0 Å². The number of unbranched alkanes of at least 4 members (excludes halogenated alkanes) is 2. The molecule has 0 bridgehead atoms. The minimum atomic E-state index is -2.66. The van der Waals surface area contributed by atoms with E-state index in [1.165, 1.54) is 0 Å². The maximum absolute atomic E-state index is 12.5. The Morgan fingerprint density at radius 3 is 1.60 bits per heavy atom. The van der Waals surface area contributed by atoms with E-state index in [2.05, 4.69) is 87.9 Å². The largest absolute Gasteiger partial charge is 0.463 e. The second-order valence-electron chi connectivity index (χ2n) is 14.4. The second kappa shape index (κ2) is 28.7. The summed E-state index contributed by atoms with van der Waals surface area (Å²) < 4.78 is 50.8. The van der Waals surface area contributed by atoms with Crippen molar-refractivity contribution in [2.24, 2.45) is 0 Å². The lowest BCUT2D eigenvalue weighted by molar-refractivity contribution is 0.286. The molecule has 2 unspecified atom stereocenters. The topological polar surface area (TPSA) is 210 Å². The zero-order chi connectivity index (χ0) is 48.2. The molecule has 0 fully saturated rings. The Morgan fingerprint density at radius 2 is 1.12 bits per heavy atom. The average Bonchev–Trinajstić information content (AvgIpc) is 3.78. The van der Waals surface area contributed by atoms with Crippen LogP contribution in [0.2, 0.25) is 0 Å². The van der Waals surface area contributed by atoms with Gasteiger partial charge in [-0.3, -0.25) is 13.7 Å². The van der Waals surface area contributed by atoms with Crippen molar-refractivity contribution in [3.05, 3.63) is 81.8 Å². The van der Waals surface area contributed by atoms with E-state index < -0.39 is 19.0 Å². The van der Waals surface area contributed by atoms with E-state index in [0.717, 1.165) is 47.9 Å². The first kappa shape index (κ1) is 56.8. The Morgan fingerprint density at radius 1 is 0.677 bits per heavy atom. The first-order valence-corrected chi connectivity index (χ1v) is 30.9. The number of rotatable bonds is 20. The molecule has 0 saturated heterocycles. The fourth-order valence-corrected chi connectivity index (χ4v) is 9.72. The molecule has 6 aromatic rings. The molecule has 0 radical (unpaired) electrons. The van der Waals surface area contributed by atoms with E-state index >= 15 is 0 Å². The zero-order valence-corrected chi connectivity index (χ0v) is 45.9. The monoisotopic (exact) mass is 1190 g/mol. The first-order valence-electron chi connectivity index (χ1n) is 20.5. The van der Waals surface area contributed by atoms with E-state index in [0.29, 0.717) is 84.7 Å². The molecule has 65 heavy (non-hydrogen) atoms. The molecule has 0 aliphatic heterocycles. The van der Waals surface area contributed by atoms with Gasteiger partial charge in [-0.15, -0.1) is 0 Å². The number of ether oxygens (including phenoxy) is 2. The minimum Gasteiger partial charge on any atom is -0.463 e. The van der Waals surface area contributed by atoms with Gasteiger partial charge in [0.25, 0.3) is 0 Å². The predicted molar refractivity (Wildman–Crippen MR) is 276 cm³/mol. The van der Waals surface area contributed by atoms with Gasteiger partial charge in [-0.25, -0.2) is 9.97 Å². The standard InChI is InChI=1S/C20H27BrN5O3P.C20H28N5O3P.CHCl3.Br2/c1-4-6-10-28-20-24-17(22)16-18(25-20)26(19(21)23-16)12-14-8-7-9-15(11-14)13-30(3,27)29-5-2;1-4-6-10-27-20-23-18(21)17-19(24-20)25(14-22-17)12-15-8-7-9-16(11-15)13-29(3,26)28-5-2;2-1(3)4;1-2/h7-9,11H,4-6,10,12-13H2,1-3H3,(H2,22,24,25);7-9,11,14H,4-6,10,12-13H2,1-3H3,(H2,21,23,24);1H;. The van der Waals surface area contributed by atoms with Crippen LogP contribution in [0.4, 0.5) is 11.6 Å². The van der Waals surface area contributed by atoms with Crippen molar-refractivity contribution in [3.8, 4) is 12.0 Å². The Bertz CT molecular complexity index is 2500. The molecule has 0 amide bonds. The first-order chi connectivity index (χ1) is 31.0. The van der Waals surface area contributed by atoms with Gasteiger partial charge in [-0.1, -0.05) is 110 Å². The molecule has 24 heteroatoms. The molecule has 0 aliphatic carbocycles. The number of aromatic nitrogens is 8. The van der Waals surface area contributed by atoms with Crippen LogP contribution in [-0.4, -0.2) is 83.1 Å². The summed E-state index contributed by atoms with van der Waals surface area (Å²) in [6.07, 6.45) is 6.39. The fraction of sp³-hybridized carbons (Fsp3) is 0.463. The van der Waals surface area contributed by atoms with Gasteiger partial charge >= 0.3 is 12.0 Å². The third-order valence-corrected chi connectivity index (χ3v) is 13.0. The molecule has 0 saturated carbocycles. The van der Waals surface area contributed by atoms with Gasteiger partial charge in [-0.05, 0) is 64.9 Å². The SMILES string of the molecule is BrBr.CCCCOc1nc(N)c2nc(Br)n(Cc3cccc(CP(C)(=O)OCC)c3)c2n1.CCCCOc1nc(N)c2ncn(Cc3cccc(CP(C)(=O)OCC)c3)c2n1.ClC(Cl)Cl. The molecule has 0 spiro atoms. The van der Waals surface area contributed by atoms with E-state index in [-0.39, 0.29) is 17.8 Å². The molecular weight excluding hydrogens is 1140 g/mol. The average molecular weight is 1190 g/mol. The maximum Gasteiger partial charge on any atom is 0.320 e. The molecule has 6 rings (SSSR count). The molecule has 2 atom stereocenters. The van der Waals surface area contributed by atoms with Gasteiger partial charge in [0, 0.05) is 53.9 Å². The van der Waals surface area contributed by atoms with Crippen LogP contribution < -0.4 is 20.9 Å². The number of halogens is 6. The van der Waals surface area contributed by atoms with E-state index in [4.69, 9.17) is 64.8 Å². The number of nitrogen functional groups attached to an aromatic ring is 2. The summed E-state index contributed by atoms with van der Waals surface area (Å²) in [7, 11) is -5.31. The molecule has 2 aromatic carbocycles. The second-order valence-corrected chi connectivity index (χ2v) is 22.3. The Balaban J connectivity index is 0.000000308. The number of imidazole rings is 2. The van der Waals surface area contributed by atoms with Crippen molar-refractivity contribution in [3.63, 3.8) is 0 Å². The predicted octanol–water partition coefficient (Wildman–Crippen LogP) is 12.6. The lowest BCUT2D eigenvalue weighted by Crippen LogP contribution is -2.06. The van der Waals surface area contributed by atoms with Gasteiger partial charge in [0.05, 0.1) is 45.8 Å². The van der Waals surface area contributed by atoms with E-state index in [1.54, 1.807) is 19.7 Å². The van der Waals surface area contributed by atoms with Crippen molar-refractivity contribution in [1.82, 2.24) is 39.0 Å². The zero-order valence-electron chi connectivity index (χ0n) is 37.1. The van der Waals surface area contributed by atoms with Crippen molar-refractivity contribution in [2.75, 3.05) is 51.2 Å². The minimum absolute atomic E-state index is 0.250. The lowest BCUT2D eigenvalue weighted by Gasteiger charge is -2.13. The summed E-state index contributed by atoms with van der Waals surface area (Å²) in [5.41, 5.74) is 18.4. The normalized spacial score (nSPS) is 12.9. The number of anilines is 2. The van der Waals surface area contributed by atoms with Gasteiger partial charge in [0.1, 0.15) is 0 Å². The van der Waals surface area contributed by atoms with Crippen LogP contribution in [0.5, 0.6) is 12.0 Å². The van der Waals surface area contributed by atoms with Crippen LogP contribution in [0.1, 0.15) is 75.6 Å². The summed E-state index contributed by atoms with van der Waals surface area (Å²) in [6, 6.07) is 16.4. The Hall–Kier alpha value is -2.57. The van der Waals surface area contributed by atoms with E-state index in [9.17, 15) is 9.13 Å². The number of hydrogen-bond acceptors (Lipinski definition) is 14. The molecule has 4 aromatic heterocycles. The molecule has 4 heterocycles. The molecule has 16 nitrogen and oxygen atoms in total. The summed E-state index contributed by atoms with van der Waals surface area (Å²) in [6.45, 7) is 14.3. The third-order valence-electron chi connectivity index (χ3n) is 8.90. The smallest absolute Gasteiger partial charge is 0.320 e. The lowest BCUT2D eigenvalue weighted by atomic mass is 10.1. The number of fused-ring (bicyclic) bond motifs is 2. The van der Waals surface area contributed by atoms with Crippen LogP contribution in [0.25, 0.3) is 22.3 Å². The molecule has 358 valence electrons. The number of alkyl halides is 3. The highest BCUT2D eigenvalue weighted by atomic mass is 80.9. The fourth-order valence-electron chi connectivity index (χ4n) is 6.25. The van der Waals surface area contributed by atoms with Gasteiger partial charge in [0.2, 0.25) is 14.7 Å². The van der Waals surface area contributed by atoms with E-state index in [1.807, 2.05) is 71.5 Å². The van der Waals surface area contributed by atoms with Gasteiger partial charge in [-0.2, -0.15) is 19.9 Å². The van der Waals surface area contributed by atoms with Crippen LogP contribution in [-0.2, 0) is 43.6 Å². The Kier molecular flexibility index (Phi) is 25.0. The highest BCUT2D eigenvalue weighted by Crippen LogP contribution is 2.47. The number of nitrogens with zero attached hydrogens (tertiary/aromatic N) is 8. The molecule has 0 aliphatic rings. The number of nitrogens with two attached hydrogens (primary N) is 2. The van der Waals surface area contributed by atoms with Gasteiger partial charge in [0.15, 0.2) is 43.0 Å². The number of hydrogen-bond donors (Lipinski definition) is 2. The summed E-state index contributed by atoms with van der Waals surface area (Å²) in [5.74, 6) is 0.584. The highest BCUT2D eigenvalue weighted by molar-refractivity contribution is 9.93. The van der Waals surface area contributed by atoms with Crippen molar-refractivity contribution in [1.29, 1.82) is 0 Å². The van der Waals surface area contributed by atoms with Crippen LogP contribution >= 0.6 is 93.7 Å². The molecular formula is C41H56Br3Cl3N10O6P2. The number of benzene rings is 2. The van der Waals surface area contributed by atoms with Gasteiger partial charge < -0.3 is 34.6 Å². The summed E-state index contributed by atoms with van der Waals surface area (Å²) in [4.78, 5) is 26.2. The quantitative estimate of drug-likeness (QED) is 0.0315. The third kappa shape index (κ3) is 19.2. The Labute approximate surface area is 419 Å². The highest BCUT2D eigenvalue weighted by Gasteiger charge is 2.20. The molecule has 4 N–H and O–H groups in total. The van der Waals surface area contributed by atoms with Crippen molar-refractivity contribution in [2.45, 2.75) is 83.1 Å². The van der Waals surface area contributed by atoms with Crippen molar-refractivity contribution >= 4 is 128 Å². The van der Waals surface area contributed by atoms with Crippen LogP contribution in [0.15, 0.2) is 59.6 Å². The van der Waals surface area contributed by atoms with Crippen LogP contribution in [0, 0.1) is 0 Å². The summed E-state index contributed by atoms with van der Waals surface area (Å²) in [5, 5.41) is 0. The maximum atomic E-state index is 12.5. The van der Waals surface area contributed by atoms with Crippen molar-refractivity contribution < 1.29 is 27.7 Å².